The lowest BCUT2D eigenvalue weighted by Crippen LogP contribution is -2.29. The molecule has 1 unspecified atom stereocenters. The zero-order valence-electron chi connectivity index (χ0n) is 4.96. The van der Waals surface area contributed by atoms with Crippen molar-refractivity contribution in [2.45, 2.75) is 6.43 Å². The molecule has 0 aromatic heterocycles. The van der Waals surface area contributed by atoms with Crippen LogP contribution in [-0.4, -0.2) is 24.0 Å². The zero-order chi connectivity index (χ0) is 7.44. The van der Waals surface area contributed by atoms with Crippen molar-refractivity contribution < 1.29 is 18.7 Å². The molecule has 0 saturated heterocycles. The largest absolute Gasteiger partial charge is 0.481 e. The summed E-state index contributed by atoms with van der Waals surface area (Å²) in [5.41, 5.74) is 4.71. The first-order chi connectivity index (χ1) is 4.09. The molecule has 0 saturated carbocycles. The molecule has 0 amide bonds. The predicted octanol–water partition coefficient (Wildman–Crippen LogP) is 0.333. The molecule has 0 fully saturated rings. The first kappa shape index (κ1) is 12.3. The molecule has 1 atom stereocenters. The highest BCUT2D eigenvalue weighted by molar-refractivity contribution is 5.85. The molecule has 0 rings (SSSR count). The van der Waals surface area contributed by atoms with Gasteiger partial charge in [0, 0.05) is 6.54 Å². The number of carboxylic acids is 1. The van der Waals surface area contributed by atoms with Gasteiger partial charge in [0.15, 0.2) is 0 Å². The summed E-state index contributed by atoms with van der Waals surface area (Å²) in [7, 11) is 0. The van der Waals surface area contributed by atoms with Crippen LogP contribution in [0.15, 0.2) is 0 Å². The van der Waals surface area contributed by atoms with Crippen molar-refractivity contribution in [2.24, 2.45) is 11.7 Å². The van der Waals surface area contributed by atoms with Crippen LogP contribution in [0.5, 0.6) is 0 Å². The summed E-state index contributed by atoms with van der Waals surface area (Å²) in [6.07, 6.45) is -2.87. The molecule has 6 heteroatoms. The SMILES string of the molecule is Cl.NCC(C(=O)O)C(F)F. The Balaban J connectivity index is 0. The molecular weight excluding hydrogens is 167 g/mol. The number of alkyl halides is 2. The number of halogens is 3. The van der Waals surface area contributed by atoms with Gasteiger partial charge < -0.3 is 10.8 Å². The molecule has 62 valence electrons. The maximum Gasteiger partial charge on any atom is 0.313 e. The quantitative estimate of drug-likeness (QED) is 0.650. The number of hydrogen-bond donors (Lipinski definition) is 2. The van der Waals surface area contributed by atoms with Crippen molar-refractivity contribution in [3.05, 3.63) is 0 Å². The maximum atomic E-state index is 11.5. The second-order valence-electron chi connectivity index (χ2n) is 1.51. The van der Waals surface area contributed by atoms with Crippen LogP contribution in [0.2, 0.25) is 0 Å². The predicted molar refractivity (Wildman–Crippen MR) is 33.4 cm³/mol. The van der Waals surface area contributed by atoms with Gasteiger partial charge in [-0.3, -0.25) is 4.79 Å². The van der Waals surface area contributed by atoms with E-state index in [0.29, 0.717) is 0 Å². The summed E-state index contributed by atoms with van der Waals surface area (Å²) in [5, 5.41) is 7.98. The van der Waals surface area contributed by atoms with E-state index in [4.69, 9.17) is 10.8 Å². The fraction of sp³-hybridized carbons (Fsp3) is 0.750. The van der Waals surface area contributed by atoms with Crippen LogP contribution >= 0.6 is 12.4 Å². The van der Waals surface area contributed by atoms with Crippen molar-refractivity contribution >= 4 is 18.4 Å². The maximum absolute atomic E-state index is 11.5. The minimum atomic E-state index is -2.87. The lowest BCUT2D eigenvalue weighted by atomic mass is 10.2. The molecule has 0 aliphatic heterocycles. The molecule has 3 N–H and O–H groups in total. The van der Waals surface area contributed by atoms with Gasteiger partial charge in [0.2, 0.25) is 0 Å². The lowest BCUT2D eigenvalue weighted by Gasteiger charge is -2.05. The highest BCUT2D eigenvalue weighted by Crippen LogP contribution is 2.07. The van der Waals surface area contributed by atoms with E-state index in [2.05, 4.69) is 0 Å². The average molecular weight is 176 g/mol. The van der Waals surface area contributed by atoms with Crippen LogP contribution in [-0.2, 0) is 4.79 Å². The van der Waals surface area contributed by atoms with Crippen LogP contribution in [0.1, 0.15) is 0 Å². The topological polar surface area (TPSA) is 63.3 Å². The lowest BCUT2D eigenvalue weighted by molar-refractivity contribution is -0.146. The van der Waals surface area contributed by atoms with Crippen LogP contribution in [0.4, 0.5) is 8.78 Å². The van der Waals surface area contributed by atoms with Gasteiger partial charge in [-0.1, -0.05) is 0 Å². The van der Waals surface area contributed by atoms with E-state index in [0.717, 1.165) is 0 Å². The highest BCUT2D eigenvalue weighted by atomic mass is 35.5. The van der Waals surface area contributed by atoms with E-state index in [1.54, 1.807) is 0 Å². The van der Waals surface area contributed by atoms with Gasteiger partial charge in [0.05, 0.1) is 0 Å². The summed E-state index contributed by atoms with van der Waals surface area (Å²) >= 11 is 0. The Labute approximate surface area is 62.6 Å². The van der Waals surface area contributed by atoms with Gasteiger partial charge in [-0.15, -0.1) is 12.4 Å². The summed E-state index contributed by atoms with van der Waals surface area (Å²) in [5.74, 6) is -3.27. The van der Waals surface area contributed by atoms with Crippen molar-refractivity contribution in [3.63, 3.8) is 0 Å². The van der Waals surface area contributed by atoms with Gasteiger partial charge in [0.1, 0.15) is 5.92 Å². The number of aliphatic carboxylic acids is 1. The molecule has 0 spiro atoms. The second-order valence-corrected chi connectivity index (χ2v) is 1.51. The van der Waals surface area contributed by atoms with Gasteiger partial charge in [-0.2, -0.15) is 0 Å². The first-order valence-electron chi connectivity index (χ1n) is 2.30. The third-order valence-electron chi connectivity index (χ3n) is 0.875. The number of rotatable bonds is 3. The average Bonchev–Trinajstić information content (AvgIpc) is 1.64. The standard InChI is InChI=1S/C4H7F2NO2.ClH/c5-3(6)2(1-7)4(8)9;/h2-3H,1,7H2,(H,8,9);1H. The Morgan fingerprint density at radius 3 is 2.00 bits per heavy atom. The van der Waals surface area contributed by atoms with E-state index in [9.17, 15) is 13.6 Å². The van der Waals surface area contributed by atoms with Crippen molar-refractivity contribution in [1.29, 1.82) is 0 Å². The fourth-order valence-corrected chi connectivity index (χ4v) is 0.311. The van der Waals surface area contributed by atoms with Crippen LogP contribution < -0.4 is 5.73 Å². The monoisotopic (exact) mass is 175 g/mol. The van der Waals surface area contributed by atoms with E-state index >= 15 is 0 Å². The first-order valence-corrected chi connectivity index (χ1v) is 2.30. The normalized spacial score (nSPS) is 12.4. The van der Waals surface area contributed by atoms with E-state index in [1.165, 1.54) is 0 Å². The van der Waals surface area contributed by atoms with Crippen molar-refractivity contribution in [3.8, 4) is 0 Å². The summed E-state index contributed by atoms with van der Waals surface area (Å²) in [6, 6.07) is 0. The third-order valence-corrected chi connectivity index (χ3v) is 0.875. The summed E-state index contributed by atoms with van der Waals surface area (Å²) in [4.78, 5) is 9.81. The molecule has 0 aliphatic carbocycles. The van der Waals surface area contributed by atoms with Gasteiger partial charge in [-0.25, -0.2) is 8.78 Å². The zero-order valence-corrected chi connectivity index (χ0v) is 5.78. The molecule has 0 heterocycles. The Morgan fingerprint density at radius 2 is 2.00 bits per heavy atom. The van der Waals surface area contributed by atoms with Gasteiger partial charge >= 0.3 is 5.97 Å². The molecule has 3 nitrogen and oxygen atoms in total. The molecule has 0 aromatic rings. The fourth-order valence-electron chi connectivity index (χ4n) is 0.311. The van der Waals surface area contributed by atoms with Crippen LogP contribution in [0.3, 0.4) is 0 Å². The van der Waals surface area contributed by atoms with E-state index in [-0.39, 0.29) is 12.4 Å². The van der Waals surface area contributed by atoms with E-state index < -0.39 is 24.9 Å². The van der Waals surface area contributed by atoms with Gasteiger partial charge in [-0.05, 0) is 0 Å². The Hall–Kier alpha value is -0.420. The molecular formula is C4H8ClF2NO2. The molecule has 10 heavy (non-hydrogen) atoms. The van der Waals surface area contributed by atoms with Crippen molar-refractivity contribution in [2.75, 3.05) is 6.54 Å². The Bertz CT molecular complexity index is 111. The van der Waals surface area contributed by atoms with E-state index in [1.807, 2.05) is 0 Å². The third kappa shape index (κ3) is 3.58. The Morgan fingerprint density at radius 1 is 1.60 bits per heavy atom. The van der Waals surface area contributed by atoms with Crippen molar-refractivity contribution in [1.82, 2.24) is 0 Å². The second kappa shape index (κ2) is 5.37. The highest BCUT2D eigenvalue weighted by Gasteiger charge is 2.25. The summed E-state index contributed by atoms with van der Waals surface area (Å²) in [6.45, 7) is -0.521. The smallest absolute Gasteiger partial charge is 0.313 e. The summed E-state index contributed by atoms with van der Waals surface area (Å²) < 4.78 is 23.0. The number of nitrogens with two attached hydrogens (primary N) is 1. The molecule has 0 aliphatic rings. The van der Waals surface area contributed by atoms with Crippen LogP contribution in [0.25, 0.3) is 0 Å². The minimum Gasteiger partial charge on any atom is -0.481 e. The molecule has 0 bridgehead atoms. The molecule has 0 radical (unpaired) electrons. The van der Waals surface area contributed by atoms with Gasteiger partial charge in [0.25, 0.3) is 6.43 Å². The number of carboxylic acid groups (broad SMARTS) is 1. The minimum absolute atomic E-state index is 0. The Kier molecular flexibility index (Phi) is 6.59. The number of carbonyl (C=O) groups is 1. The number of hydrogen-bond acceptors (Lipinski definition) is 2. The van der Waals surface area contributed by atoms with Crippen LogP contribution in [0, 0.1) is 5.92 Å². The molecule has 0 aromatic carbocycles.